The van der Waals surface area contributed by atoms with Crippen LogP contribution in [-0.4, -0.2) is 15.0 Å². The third kappa shape index (κ3) is 3.70. The van der Waals surface area contributed by atoms with Crippen molar-refractivity contribution in [1.29, 1.82) is 0 Å². The average Bonchev–Trinajstić information content (AvgIpc) is 2.74. The Morgan fingerprint density at radius 1 is 0.667 bits per heavy atom. The topological polar surface area (TPSA) is 41.9 Å². The molecule has 4 rings (SSSR count). The zero-order valence-corrected chi connectivity index (χ0v) is 15.1. The van der Waals surface area contributed by atoms with Crippen molar-refractivity contribution in [3.63, 3.8) is 0 Å². The molecule has 3 aromatic heterocycles. The van der Waals surface area contributed by atoms with Crippen LogP contribution in [0.5, 0.6) is 0 Å². The second-order valence-electron chi connectivity index (χ2n) is 6.40. The molecule has 0 fully saturated rings. The summed E-state index contributed by atoms with van der Waals surface area (Å²) in [6.07, 6.45) is 11.1. The monoisotopic (exact) mass is 352 g/mol. The molecule has 4 aromatic rings. The first-order chi connectivity index (χ1) is 13.3. The van der Waals surface area contributed by atoms with Crippen molar-refractivity contribution < 1.29 is 0 Å². The molecular weight excluding hydrogens is 332 g/mol. The first-order valence-electron chi connectivity index (χ1n) is 8.89. The maximum absolute atomic E-state index is 4.36. The fourth-order valence-corrected chi connectivity index (χ4v) is 3.29. The zero-order valence-electron chi connectivity index (χ0n) is 15.1. The average molecular weight is 352 g/mol. The van der Waals surface area contributed by atoms with E-state index >= 15 is 0 Å². The summed E-state index contributed by atoms with van der Waals surface area (Å²) in [6, 6.07) is 20.6. The van der Waals surface area contributed by atoms with E-state index in [-0.39, 0.29) is 6.04 Å². The summed E-state index contributed by atoms with van der Waals surface area (Å²) in [6.45, 7) is 2.11. The van der Waals surface area contributed by atoms with Crippen molar-refractivity contribution in [2.45, 2.75) is 13.0 Å². The molecule has 0 aliphatic carbocycles. The fourth-order valence-electron chi connectivity index (χ4n) is 3.29. The summed E-state index contributed by atoms with van der Waals surface area (Å²) in [5.41, 5.74) is 5.51. The Morgan fingerprint density at radius 3 is 1.78 bits per heavy atom. The Morgan fingerprint density at radius 2 is 1.26 bits per heavy atom. The van der Waals surface area contributed by atoms with Crippen LogP contribution in [0.2, 0.25) is 0 Å². The quantitative estimate of drug-likeness (QED) is 0.501. The van der Waals surface area contributed by atoms with Crippen LogP contribution in [0.25, 0.3) is 0 Å². The van der Waals surface area contributed by atoms with Crippen LogP contribution in [0.4, 0.5) is 11.4 Å². The highest BCUT2D eigenvalue weighted by molar-refractivity contribution is 5.66. The van der Waals surface area contributed by atoms with Gasteiger partial charge in [0.25, 0.3) is 0 Å². The second-order valence-corrected chi connectivity index (χ2v) is 6.40. The number of pyridine rings is 3. The normalized spacial score (nSPS) is 10.7. The molecule has 27 heavy (non-hydrogen) atoms. The third-order valence-corrected chi connectivity index (χ3v) is 4.46. The lowest BCUT2D eigenvalue weighted by atomic mass is 9.98. The van der Waals surface area contributed by atoms with Gasteiger partial charge in [-0.1, -0.05) is 24.3 Å². The molecule has 0 saturated heterocycles. The summed E-state index contributed by atoms with van der Waals surface area (Å²) in [5.74, 6) is 0. The summed E-state index contributed by atoms with van der Waals surface area (Å²) in [7, 11) is 0. The minimum absolute atomic E-state index is 0.0709. The van der Waals surface area contributed by atoms with Gasteiger partial charge in [-0.15, -0.1) is 0 Å². The van der Waals surface area contributed by atoms with E-state index in [4.69, 9.17) is 0 Å². The molecule has 0 aliphatic rings. The standard InChI is InChI=1S/C23H20N4/c1-18-6-2-9-21(14-18)27(22-10-5-13-26-17-22)23(19-7-3-11-24-15-19)20-8-4-12-25-16-20/h2-17,23H,1H3. The molecule has 1 aromatic carbocycles. The van der Waals surface area contributed by atoms with Crippen LogP contribution in [0.1, 0.15) is 22.7 Å². The van der Waals surface area contributed by atoms with E-state index in [1.165, 1.54) is 5.56 Å². The molecule has 4 nitrogen and oxygen atoms in total. The number of anilines is 2. The molecule has 0 atom stereocenters. The molecule has 0 N–H and O–H groups in total. The lowest BCUT2D eigenvalue weighted by Gasteiger charge is -2.34. The predicted molar refractivity (Wildman–Crippen MR) is 108 cm³/mol. The van der Waals surface area contributed by atoms with E-state index in [9.17, 15) is 0 Å². The molecule has 0 radical (unpaired) electrons. The highest BCUT2D eigenvalue weighted by Crippen LogP contribution is 2.38. The number of hydrogen-bond acceptors (Lipinski definition) is 4. The number of aryl methyl sites for hydroxylation is 1. The summed E-state index contributed by atoms with van der Waals surface area (Å²) >= 11 is 0. The van der Waals surface area contributed by atoms with Crippen molar-refractivity contribution in [1.82, 2.24) is 15.0 Å². The number of aromatic nitrogens is 3. The maximum atomic E-state index is 4.36. The molecule has 0 aliphatic heterocycles. The smallest absolute Gasteiger partial charge is 0.0875 e. The number of nitrogens with zero attached hydrogens (tertiary/aromatic N) is 4. The summed E-state index contributed by atoms with van der Waals surface area (Å²) in [5, 5.41) is 0. The van der Waals surface area contributed by atoms with Gasteiger partial charge < -0.3 is 4.90 Å². The Kier molecular flexibility index (Phi) is 4.88. The Bertz CT molecular complexity index is 949. The molecule has 0 saturated carbocycles. The Labute approximate surface area is 159 Å². The molecule has 0 amide bonds. The summed E-state index contributed by atoms with van der Waals surface area (Å²) in [4.78, 5) is 15.3. The van der Waals surface area contributed by atoms with Gasteiger partial charge >= 0.3 is 0 Å². The van der Waals surface area contributed by atoms with Crippen molar-refractivity contribution in [3.8, 4) is 0 Å². The van der Waals surface area contributed by atoms with E-state index in [1.54, 1.807) is 18.6 Å². The molecule has 0 unspecified atom stereocenters. The maximum Gasteiger partial charge on any atom is 0.0875 e. The minimum atomic E-state index is -0.0709. The largest absolute Gasteiger partial charge is 0.328 e. The third-order valence-electron chi connectivity index (χ3n) is 4.46. The molecule has 4 heteroatoms. The number of rotatable bonds is 5. The minimum Gasteiger partial charge on any atom is -0.328 e. The fraction of sp³-hybridized carbons (Fsp3) is 0.0870. The first kappa shape index (κ1) is 16.9. The molecular formula is C23H20N4. The van der Waals surface area contributed by atoms with Gasteiger partial charge in [0, 0.05) is 36.7 Å². The van der Waals surface area contributed by atoms with Gasteiger partial charge in [-0.25, -0.2) is 0 Å². The Hall–Kier alpha value is -3.53. The van der Waals surface area contributed by atoms with Gasteiger partial charge in [0.2, 0.25) is 0 Å². The molecule has 3 heterocycles. The van der Waals surface area contributed by atoms with Gasteiger partial charge in [0.1, 0.15) is 0 Å². The van der Waals surface area contributed by atoms with Crippen LogP contribution in [0, 0.1) is 6.92 Å². The number of hydrogen-bond donors (Lipinski definition) is 0. The van der Waals surface area contributed by atoms with Crippen LogP contribution < -0.4 is 4.90 Å². The van der Waals surface area contributed by atoms with E-state index in [1.807, 2.05) is 36.8 Å². The van der Waals surface area contributed by atoms with Crippen LogP contribution in [-0.2, 0) is 0 Å². The first-order valence-corrected chi connectivity index (χ1v) is 8.89. The van der Waals surface area contributed by atoms with E-state index in [2.05, 4.69) is 69.2 Å². The van der Waals surface area contributed by atoms with E-state index in [0.29, 0.717) is 0 Å². The highest BCUT2D eigenvalue weighted by atomic mass is 15.2. The van der Waals surface area contributed by atoms with Gasteiger partial charge in [-0.3, -0.25) is 15.0 Å². The van der Waals surface area contributed by atoms with Crippen molar-refractivity contribution in [3.05, 3.63) is 115 Å². The molecule has 132 valence electrons. The van der Waals surface area contributed by atoms with E-state index in [0.717, 1.165) is 22.5 Å². The molecule has 0 bridgehead atoms. The van der Waals surface area contributed by atoms with Crippen LogP contribution in [0.15, 0.2) is 97.8 Å². The highest BCUT2D eigenvalue weighted by Gasteiger charge is 2.25. The Balaban J connectivity index is 1.94. The van der Waals surface area contributed by atoms with Crippen LogP contribution >= 0.6 is 0 Å². The van der Waals surface area contributed by atoms with Gasteiger partial charge in [-0.2, -0.15) is 0 Å². The van der Waals surface area contributed by atoms with E-state index < -0.39 is 0 Å². The van der Waals surface area contributed by atoms with Crippen molar-refractivity contribution >= 4 is 11.4 Å². The van der Waals surface area contributed by atoms with Gasteiger partial charge in [0.15, 0.2) is 0 Å². The molecule has 0 spiro atoms. The van der Waals surface area contributed by atoms with Gasteiger partial charge in [0.05, 0.1) is 17.9 Å². The van der Waals surface area contributed by atoms with Gasteiger partial charge in [-0.05, 0) is 60.0 Å². The zero-order chi connectivity index (χ0) is 18.5. The lowest BCUT2D eigenvalue weighted by molar-refractivity contribution is 0.806. The predicted octanol–water partition coefficient (Wildman–Crippen LogP) is 5.11. The van der Waals surface area contributed by atoms with Crippen molar-refractivity contribution in [2.75, 3.05) is 4.90 Å². The second kappa shape index (κ2) is 7.79. The number of benzene rings is 1. The summed E-state index contributed by atoms with van der Waals surface area (Å²) < 4.78 is 0. The SMILES string of the molecule is Cc1cccc(N(c2cccnc2)C(c2cccnc2)c2cccnc2)c1. The van der Waals surface area contributed by atoms with Crippen molar-refractivity contribution in [2.24, 2.45) is 0 Å². The van der Waals surface area contributed by atoms with Crippen LogP contribution in [0.3, 0.4) is 0 Å². The lowest BCUT2D eigenvalue weighted by Crippen LogP contribution is -2.25.